The van der Waals surface area contributed by atoms with Crippen LogP contribution in [0, 0.1) is 13.8 Å². The van der Waals surface area contributed by atoms with Crippen LogP contribution in [0.3, 0.4) is 0 Å². The topological polar surface area (TPSA) is 88.1 Å². The van der Waals surface area contributed by atoms with Crippen molar-refractivity contribution in [2.24, 2.45) is 4.99 Å². The van der Waals surface area contributed by atoms with E-state index in [2.05, 4.69) is 16.5 Å². The third kappa shape index (κ3) is 2.90. The molecule has 9 heteroatoms. The summed E-state index contributed by atoms with van der Waals surface area (Å²) in [6, 6.07) is -1.30. The molecule has 0 N–H and O–H groups in total. The molecule has 0 radical (unpaired) electrons. The maximum Gasteiger partial charge on any atom is 0.402 e. The van der Waals surface area contributed by atoms with E-state index in [0.717, 1.165) is 35.7 Å². The van der Waals surface area contributed by atoms with Crippen LogP contribution in [0.4, 0.5) is 10.7 Å². The van der Waals surface area contributed by atoms with Crippen LogP contribution in [0.2, 0.25) is 0 Å². The summed E-state index contributed by atoms with van der Waals surface area (Å²) in [7, 11) is 1.57. The number of ether oxygens (including phenoxy) is 1. The van der Waals surface area contributed by atoms with Gasteiger partial charge in [-0.15, -0.1) is 0 Å². The van der Waals surface area contributed by atoms with E-state index in [9.17, 15) is 14.4 Å². The van der Waals surface area contributed by atoms with Gasteiger partial charge in [0.1, 0.15) is 17.9 Å². The summed E-state index contributed by atoms with van der Waals surface area (Å²) < 4.78 is 8.86. The molecule has 0 aromatic carbocycles. The lowest BCUT2D eigenvalue weighted by Gasteiger charge is -2.32. The Kier molecular flexibility index (Phi) is 5.03. The quantitative estimate of drug-likeness (QED) is 0.552. The summed E-state index contributed by atoms with van der Waals surface area (Å²) in [5.41, 5.74) is 1.97. The van der Waals surface area contributed by atoms with Crippen molar-refractivity contribution in [2.75, 3.05) is 20.2 Å². The Morgan fingerprint density at radius 1 is 1.26 bits per heavy atom. The fraction of sp³-hybridized carbons (Fsp3) is 0.611. The first kappa shape index (κ1) is 19.1. The van der Waals surface area contributed by atoms with E-state index in [1.807, 2.05) is 18.4 Å². The summed E-state index contributed by atoms with van der Waals surface area (Å²) >= 11 is 0. The number of imide groups is 1. The molecule has 3 rings (SSSR count). The Labute approximate surface area is 158 Å². The molecule has 0 saturated carbocycles. The van der Waals surface area contributed by atoms with Gasteiger partial charge >= 0.3 is 17.9 Å². The van der Waals surface area contributed by atoms with E-state index < -0.39 is 30.5 Å². The van der Waals surface area contributed by atoms with Gasteiger partial charge in [-0.05, 0) is 27.2 Å². The van der Waals surface area contributed by atoms with Crippen molar-refractivity contribution in [3.8, 4) is 0 Å². The third-order valence-corrected chi connectivity index (χ3v) is 5.15. The van der Waals surface area contributed by atoms with Crippen molar-refractivity contribution in [1.82, 2.24) is 14.4 Å². The summed E-state index contributed by atoms with van der Waals surface area (Å²) in [4.78, 5) is 44.5. The van der Waals surface area contributed by atoms with E-state index in [0.29, 0.717) is 11.8 Å². The molecule has 2 aliphatic heterocycles. The molecule has 27 heavy (non-hydrogen) atoms. The molecule has 1 saturated heterocycles. The Morgan fingerprint density at radius 2 is 1.96 bits per heavy atom. The highest BCUT2D eigenvalue weighted by Gasteiger charge is 2.54. The first-order chi connectivity index (χ1) is 12.8. The molecule has 1 fully saturated rings. The number of hydrogen-bond acceptors (Lipinski definition) is 5. The molecule has 1 atom stereocenters. The van der Waals surface area contributed by atoms with Crippen LogP contribution in [0.5, 0.6) is 0 Å². The minimum atomic E-state index is -0.737. The second-order valence-corrected chi connectivity index (χ2v) is 6.79. The molecule has 9 nitrogen and oxygen atoms in total. The Balaban J connectivity index is 2.02. The van der Waals surface area contributed by atoms with Crippen LogP contribution in [0.15, 0.2) is 4.99 Å². The Hall–Kier alpha value is -2.71. The van der Waals surface area contributed by atoms with Crippen molar-refractivity contribution >= 4 is 29.7 Å². The number of likely N-dealkylation sites (N-methyl/N-ethyl adjacent to an activating group) is 1. The number of urea groups is 1. The lowest BCUT2D eigenvalue weighted by Crippen LogP contribution is -2.58. The molecule has 3 amide bonds. The molecule has 1 unspecified atom stereocenters. The van der Waals surface area contributed by atoms with Crippen molar-refractivity contribution in [3.63, 3.8) is 0 Å². The van der Waals surface area contributed by atoms with Crippen molar-refractivity contribution in [1.29, 1.82) is 0 Å². The molecular formula is C18H26N5O4+. The monoisotopic (exact) mass is 376 g/mol. The number of fused-ring (bicyclic) bond motifs is 3. The minimum Gasteiger partial charge on any atom is -0.465 e. The van der Waals surface area contributed by atoms with E-state index in [4.69, 9.17) is 4.74 Å². The van der Waals surface area contributed by atoms with Gasteiger partial charge < -0.3 is 4.74 Å². The molecule has 0 bridgehead atoms. The third-order valence-electron chi connectivity index (χ3n) is 5.15. The zero-order valence-electron chi connectivity index (χ0n) is 16.5. The van der Waals surface area contributed by atoms with Gasteiger partial charge in [-0.25, -0.2) is 18.8 Å². The second kappa shape index (κ2) is 7.13. The first-order valence-corrected chi connectivity index (χ1v) is 9.27. The van der Waals surface area contributed by atoms with Crippen LogP contribution in [0.25, 0.3) is 0 Å². The number of amidine groups is 1. The second-order valence-electron chi connectivity index (χ2n) is 6.79. The van der Waals surface area contributed by atoms with Crippen LogP contribution >= 0.6 is 0 Å². The average Bonchev–Trinajstić information content (AvgIpc) is 3.12. The van der Waals surface area contributed by atoms with Gasteiger partial charge in [0.15, 0.2) is 0 Å². The van der Waals surface area contributed by atoms with Crippen LogP contribution < -0.4 is 4.57 Å². The van der Waals surface area contributed by atoms with Crippen LogP contribution in [0.1, 0.15) is 44.1 Å². The highest BCUT2D eigenvalue weighted by molar-refractivity contribution is 6.21. The fourth-order valence-electron chi connectivity index (χ4n) is 3.57. The van der Waals surface area contributed by atoms with Gasteiger partial charge in [-0.1, -0.05) is 18.3 Å². The lowest BCUT2D eigenvalue weighted by molar-refractivity contribution is -0.689. The van der Waals surface area contributed by atoms with Gasteiger partial charge in [-0.3, -0.25) is 14.5 Å². The number of amides is 3. The molecule has 0 spiro atoms. The number of aliphatic imine (C=N–C) groups is 1. The van der Waals surface area contributed by atoms with Crippen LogP contribution in [-0.2, 0) is 20.9 Å². The molecule has 2 aliphatic rings. The summed E-state index contributed by atoms with van der Waals surface area (Å²) in [5.74, 6) is 0.00640. The SMILES string of the molecule is CCCC[n+]1c(C)c(C)n2c1N=C1C2C(=O)N(CC(=O)OCC)C(=O)N1C. The number of carbonyl (C=O) groups is 3. The summed E-state index contributed by atoms with van der Waals surface area (Å²) in [5, 5.41) is 0. The van der Waals surface area contributed by atoms with Gasteiger partial charge in [0, 0.05) is 7.05 Å². The number of hydrogen-bond donors (Lipinski definition) is 0. The normalized spacial score (nSPS) is 18.6. The summed E-state index contributed by atoms with van der Waals surface area (Å²) in [6.45, 7) is 8.34. The average molecular weight is 376 g/mol. The van der Waals surface area contributed by atoms with E-state index in [1.54, 1.807) is 14.0 Å². The zero-order valence-corrected chi connectivity index (χ0v) is 16.5. The number of aromatic nitrogens is 2. The molecule has 1 aromatic rings. The fourth-order valence-corrected chi connectivity index (χ4v) is 3.57. The predicted molar refractivity (Wildman–Crippen MR) is 96.6 cm³/mol. The highest BCUT2D eigenvalue weighted by Crippen LogP contribution is 2.35. The lowest BCUT2D eigenvalue weighted by atomic mass is 10.1. The van der Waals surface area contributed by atoms with Gasteiger partial charge in [0.05, 0.1) is 13.2 Å². The number of carbonyl (C=O) groups excluding carboxylic acids is 3. The molecule has 0 aliphatic carbocycles. The number of esters is 1. The number of imidazole rings is 1. The largest absolute Gasteiger partial charge is 0.465 e. The van der Waals surface area contributed by atoms with Crippen molar-refractivity contribution in [2.45, 2.75) is 53.1 Å². The van der Waals surface area contributed by atoms with E-state index in [1.165, 1.54) is 4.90 Å². The van der Waals surface area contributed by atoms with E-state index >= 15 is 0 Å². The highest BCUT2D eigenvalue weighted by atomic mass is 16.5. The van der Waals surface area contributed by atoms with Gasteiger partial charge in [0.25, 0.3) is 5.91 Å². The number of rotatable bonds is 6. The summed E-state index contributed by atoms with van der Waals surface area (Å²) in [6.07, 6.45) is 2.04. The maximum atomic E-state index is 13.1. The van der Waals surface area contributed by atoms with Crippen molar-refractivity contribution in [3.05, 3.63) is 11.4 Å². The smallest absolute Gasteiger partial charge is 0.402 e. The van der Waals surface area contributed by atoms with Gasteiger partial charge in [0.2, 0.25) is 11.9 Å². The first-order valence-electron chi connectivity index (χ1n) is 9.27. The maximum absolute atomic E-state index is 13.1. The number of unbranched alkanes of at least 4 members (excludes halogenated alkanes) is 1. The molecular weight excluding hydrogens is 350 g/mol. The van der Waals surface area contributed by atoms with Crippen molar-refractivity contribution < 1.29 is 23.7 Å². The number of nitrogens with zero attached hydrogens (tertiary/aromatic N) is 5. The molecule has 146 valence electrons. The standard InChI is InChI=1S/C18H26N5O4/c1-6-8-9-21-11(3)12(4)23-14-15(19-17(21)23)20(5)18(26)22(16(14)25)10-13(24)27-7-2/h14H,6-10H2,1-5H3/q+1. The molecule has 1 aromatic heterocycles. The Morgan fingerprint density at radius 3 is 2.59 bits per heavy atom. The predicted octanol–water partition coefficient (Wildman–Crippen LogP) is 1.23. The Bertz CT molecular complexity index is 841. The molecule has 3 heterocycles. The minimum absolute atomic E-state index is 0.193. The van der Waals surface area contributed by atoms with E-state index in [-0.39, 0.29) is 6.61 Å². The van der Waals surface area contributed by atoms with Gasteiger partial charge in [-0.2, -0.15) is 0 Å². The van der Waals surface area contributed by atoms with Crippen LogP contribution in [-0.4, -0.2) is 58.3 Å². The zero-order chi connectivity index (χ0) is 19.9.